The number of nitrogens with zero attached hydrogens (tertiary/aromatic N) is 1. The second-order valence-electron chi connectivity index (χ2n) is 3.67. The molecule has 1 aromatic heterocycles. The van der Waals surface area contributed by atoms with Gasteiger partial charge < -0.3 is 9.84 Å². The predicted molar refractivity (Wildman–Crippen MR) is 62.3 cm³/mol. The highest BCUT2D eigenvalue weighted by Crippen LogP contribution is 2.42. The van der Waals surface area contributed by atoms with Crippen LogP contribution in [0.15, 0.2) is 0 Å². The van der Waals surface area contributed by atoms with Gasteiger partial charge in [-0.25, -0.2) is 14.6 Å². The van der Waals surface area contributed by atoms with E-state index in [4.69, 9.17) is 16.7 Å². The van der Waals surface area contributed by atoms with E-state index in [1.807, 2.05) is 0 Å². The minimum Gasteiger partial charge on any atom is -0.478 e. The quantitative estimate of drug-likeness (QED) is 0.502. The van der Waals surface area contributed by atoms with Crippen molar-refractivity contribution in [3.8, 4) is 0 Å². The van der Waals surface area contributed by atoms with Crippen LogP contribution < -0.4 is 0 Å². The minimum absolute atomic E-state index is 0.715. The maximum Gasteiger partial charge on any atom is 0.434 e. The Bertz CT molecular complexity index is 642. The molecule has 0 aliphatic rings. The number of hydrogen-bond donors (Lipinski definition) is 1. The largest absolute Gasteiger partial charge is 0.478 e. The van der Waals surface area contributed by atoms with Crippen LogP contribution in [0.5, 0.6) is 0 Å². The molecule has 0 atom stereocenters. The predicted octanol–water partition coefficient (Wildman–Crippen LogP) is 3.53. The van der Waals surface area contributed by atoms with Gasteiger partial charge in [0.05, 0.1) is 12.1 Å². The number of carbonyl (C=O) groups is 2. The summed E-state index contributed by atoms with van der Waals surface area (Å²) in [5.74, 6) is -3.84. The molecule has 0 saturated heterocycles. The van der Waals surface area contributed by atoms with Crippen LogP contribution in [-0.4, -0.2) is 29.1 Å². The van der Waals surface area contributed by atoms with Crippen molar-refractivity contribution in [1.29, 1.82) is 0 Å². The molecule has 0 radical (unpaired) electrons. The number of aromatic carboxylic acids is 1. The SMILES string of the molecule is COC(=O)c1c(C(F)(F)Cl)nc(C(F)(F)F)c(C(=O)O)c1Cl. The van der Waals surface area contributed by atoms with Gasteiger partial charge in [0.1, 0.15) is 16.8 Å². The summed E-state index contributed by atoms with van der Waals surface area (Å²) in [5.41, 5.74) is -7.11. The van der Waals surface area contributed by atoms with Crippen LogP contribution in [0.3, 0.4) is 0 Å². The molecule has 0 spiro atoms. The number of carboxylic acid groups (broad SMARTS) is 1. The minimum atomic E-state index is -5.43. The van der Waals surface area contributed by atoms with Crippen LogP contribution in [0.1, 0.15) is 32.1 Å². The van der Waals surface area contributed by atoms with Gasteiger partial charge in [0.15, 0.2) is 5.69 Å². The molecule has 0 aromatic carbocycles. The van der Waals surface area contributed by atoms with Crippen LogP contribution in [0.4, 0.5) is 22.0 Å². The number of hydrogen-bond acceptors (Lipinski definition) is 4. The van der Waals surface area contributed by atoms with Gasteiger partial charge >= 0.3 is 23.5 Å². The first-order valence-electron chi connectivity index (χ1n) is 5.01. The number of carbonyl (C=O) groups excluding carboxylic acids is 1. The van der Waals surface area contributed by atoms with Crippen LogP contribution in [0.25, 0.3) is 0 Å². The van der Waals surface area contributed by atoms with Crippen molar-refractivity contribution < 1.29 is 41.4 Å². The first-order valence-corrected chi connectivity index (χ1v) is 5.77. The maximum absolute atomic E-state index is 13.2. The first kappa shape index (κ1) is 18.4. The summed E-state index contributed by atoms with van der Waals surface area (Å²) in [4.78, 5) is 24.8. The van der Waals surface area contributed by atoms with Crippen molar-refractivity contribution in [2.24, 2.45) is 0 Å². The number of carboxylic acids is 1. The Labute approximate surface area is 128 Å². The lowest BCUT2D eigenvalue weighted by Crippen LogP contribution is -2.24. The highest BCUT2D eigenvalue weighted by atomic mass is 35.5. The molecular weight excluding hydrogens is 364 g/mol. The van der Waals surface area contributed by atoms with E-state index in [9.17, 15) is 31.5 Å². The van der Waals surface area contributed by atoms with E-state index < -0.39 is 51.0 Å². The fraction of sp³-hybridized carbons (Fsp3) is 0.300. The molecule has 1 N–H and O–H groups in total. The van der Waals surface area contributed by atoms with Gasteiger partial charge in [0.25, 0.3) is 0 Å². The molecule has 1 heterocycles. The molecule has 22 heavy (non-hydrogen) atoms. The van der Waals surface area contributed by atoms with Crippen molar-refractivity contribution in [2.75, 3.05) is 7.11 Å². The van der Waals surface area contributed by atoms with Gasteiger partial charge in [0.2, 0.25) is 0 Å². The first-order chi connectivity index (χ1) is 9.82. The second-order valence-corrected chi connectivity index (χ2v) is 4.52. The fourth-order valence-electron chi connectivity index (χ4n) is 1.45. The zero-order valence-electron chi connectivity index (χ0n) is 10.3. The number of aromatic nitrogens is 1. The zero-order chi connectivity index (χ0) is 17.5. The van der Waals surface area contributed by atoms with Crippen molar-refractivity contribution >= 4 is 35.1 Å². The van der Waals surface area contributed by atoms with E-state index in [2.05, 4.69) is 21.3 Å². The van der Waals surface area contributed by atoms with Crippen LogP contribution in [0, 0.1) is 0 Å². The summed E-state index contributed by atoms with van der Waals surface area (Å²) < 4.78 is 68.9. The lowest BCUT2D eigenvalue weighted by molar-refractivity contribution is -0.142. The van der Waals surface area contributed by atoms with Crippen molar-refractivity contribution in [1.82, 2.24) is 4.98 Å². The van der Waals surface area contributed by atoms with Crippen LogP contribution in [0.2, 0.25) is 5.02 Å². The molecule has 0 amide bonds. The number of alkyl halides is 6. The average Bonchev–Trinajstić information content (AvgIpc) is 2.33. The zero-order valence-corrected chi connectivity index (χ0v) is 11.8. The van der Waals surface area contributed by atoms with Gasteiger partial charge in [-0.05, 0) is 11.6 Å². The van der Waals surface area contributed by atoms with Crippen LogP contribution >= 0.6 is 23.2 Å². The summed E-state index contributed by atoms with van der Waals surface area (Å²) >= 11 is 10.00. The summed E-state index contributed by atoms with van der Waals surface area (Å²) in [6.07, 6.45) is -5.43. The molecule has 1 rings (SSSR count). The Kier molecular flexibility index (Phi) is 4.88. The molecule has 1 aromatic rings. The monoisotopic (exact) mass is 367 g/mol. The van der Waals surface area contributed by atoms with E-state index in [0.717, 1.165) is 0 Å². The summed E-state index contributed by atoms with van der Waals surface area (Å²) in [6, 6.07) is 0. The normalized spacial score (nSPS) is 12.2. The van der Waals surface area contributed by atoms with Gasteiger partial charge in [-0.1, -0.05) is 11.6 Å². The number of methoxy groups -OCH3 is 1. The Morgan fingerprint density at radius 1 is 1.14 bits per heavy atom. The Morgan fingerprint density at radius 3 is 1.95 bits per heavy atom. The summed E-state index contributed by atoms with van der Waals surface area (Å²) in [5, 5.41) is 2.86. The lowest BCUT2D eigenvalue weighted by atomic mass is 10.1. The van der Waals surface area contributed by atoms with Gasteiger partial charge in [-0.3, -0.25) is 0 Å². The van der Waals surface area contributed by atoms with E-state index in [1.54, 1.807) is 0 Å². The van der Waals surface area contributed by atoms with Crippen molar-refractivity contribution in [2.45, 2.75) is 11.6 Å². The van der Waals surface area contributed by atoms with Crippen molar-refractivity contribution in [3.63, 3.8) is 0 Å². The van der Waals surface area contributed by atoms with E-state index in [-0.39, 0.29) is 0 Å². The molecular formula is C10H4Cl2F5NO4. The second kappa shape index (κ2) is 5.84. The van der Waals surface area contributed by atoms with E-state index >= 15 is 0 Å². The Morgan fingerprint density at radius 2 is 1.64 bits per heavy atom. The van der Waals surface area contributed by atoms with Crippen LogP contribution in [-0.2, 0) is 16.3 Å². The number of ether oxygens (including phenoxy) is 1. The van der Waals surface area contributed by atoms with E-state index in [0.29, 0.717) is 7.11 Å². The van der Waals surface area contributed by atoms with E-state index in [1.165, 1.54) is 0 Å². The number of esters is 1. The molecule has 122 valence electrons. The van der Waals surface area contributed by atoms with Gasteiger partial charge in [-0.15, -0.1) is 0 Å². The Balaban J connectivity index is 3.98. The smallest absolute Gasteiger partial charge is 0.434 e. The molecule has 0 saturated carbocycles. The number of pyridine rings is 1. The molecule has 0 aliphatic heterocycles. The molecule has 0 bridgehead atoms. The average molecular weight is 368 g/mol. The summed E-state index contributed by atoms with van der Waals surface area (Å²) in [7, 11) is 0.715. The maximum atomic E-state index is 13.2. The number of halogens is 7. The molecule has 0 aliphatic carbocycles. The molecule has 0 fully saturated rings. The molecule has 0 unspecified atom stereocenters. The molecule has 5 nitrogen and oxygen atoms in total. The third-order valence-electron chi connectivity index (χ3n) is 2.28. The third kappa shape index (κ3) is 3.38. The highest BCUT2D eigenvalue weighted by Gasteiger charge is 2.46. The molecule has 12 heteroatoms. The summed E-state index contributed by atoms with van der Waals surface area (Å²) in [6.45, 7) is 0. The number of rotatable bonds is 3. The lowest BCUT2D eigenvalue weighted by Gasteiger charge is -2.18. The van der Waals surface area contributed by atoms with Gasteiger partial charge in [-0.2, -0.15) is 22.0 Å². The fourth-order valence-corrected chi connectivity index (χ4v) is 1.92. The highest BCUT2D eigenvalue weighted by molar-refractivity contribution is 6.37. The topological polar surface area (TPSA) is 76.5 Å². The standard InChI is InChI=1S/C10H4Cl2F5NO4/c1-22-8(21)3-4(11)2(7(19)20)6(10(15,16)17)18-5(3)9(12,13)14/h1H3,(H,19,20). The van der Waals surface area contributed by atoms with Crippen molar-refractivity contribution in [3.05, 3.63) is 27.5 Å². The Hall–Kier alpha value is -1.68. The third-order valence-corrected chi connectivity index (χ3v) is 2.83. The van der Waals surface area contributed by atoms with Gasteiger partial charge in [0, 0.05) is 0 Å².